The minimum atomic E-state index is -0.395. The van der Waals surface area contributed by atoms with Crippen LogP contribution in [0.15, 0.2) is 0 Å². The molecule has 0 spiro atoms. The number of piperazine rings is 1. The Balaban J connectivity index is 1.88. The van der Waals surface area contributed by atoms with Crippen molar-refractivity contribution < 1.29 is 14.3 Å². The Morgan fingerprint density at radius 1 is 1.29 bits per heavy atom. The molecule has 1 saturated heterocycles. The number of nitrogens with one attached hydrogen (secondary N) is 1. The fourth-order valence-electron chi connectivity index (χ4n) is 3.19. The first-order chi connectivity index (χ1) is 9.99. The standard InChI is InChI=1S/C16H28N2O3/c1-11(2)10-14-16(20)18(12(3)15(19)17-14)8-9-21-13-6-4-5-7-13/h11-14H,4-10H2,1-3H3,(H,17,19). The van der Waals surface area contributed by atoms with Gasteiger partial charge in [-0.25, -0.2) is 0 Å². The van der Waals surface area contributed by atoms with Gasteiger partial charge in [0.05, 0.1) is 12.7 Å². The maximum Gasteiger partial charge on any atom is 0.245 e. The number of rotatable bonds is 6. The molecule has 1 saturated carbocycles. The van der Waals surface area contributed by atoms with Crippen LogP contribution < -0.4 is 5.32 Å². The number of carbonyl (C=O) groups is 2. The minimum absolute atomic E-state index is 0.0332. The molecule has 2 fully saturated rings. The van der Waals surface area contributed by atoms with Crippen molar-refractivity contribution in [1.82, 2.24) is 10.2 Å². The fourth-order valence-corrected chi connectivity index (χ4v) is 3.19. The van der Waals surface area contributed by atoms with Crippen LogP contribution in [0.5, 0.6) is 0 Å². The largest absolute Gasteiger partial charge is 0.376 e. The van der Waals surface area contributed by atoms with E-state index in [1.54, 1.807) is 11.8 Å². The van der Waals surface area contributed by atoms with Gasteiger partial charge in [0.15, 0.2) is 0 Å². The highest BCUT2D eigenvalue weighted by Crippen LogP contribution is 2.21. The SMILES string of the molecule is CC(C)CC1NC(=O)C(C)N(CCOC2CCCC2)C1=O. The van der Waals surface area contributed by atoms with Crippen LogP contribution in [-0.2, 0) is 14.3 Å². The van der Waals surface area contributed by atoms with E-state index in [-0.39, 0.29) is 17.9 Å². The van der Waals surface area contributed by atoms with E-state index >= 15 is 0 Å². The molecule has 1 aliphatic heterocycles. The summed E-state index contributed by atoms with van der Waals surface area (Å²) in [7, 11) is 0. The Bertz CT molecular complexity index is 378. The number of hydrogen-bond donors (Lipinski definition) is 1. The minimum Gasteiger partial charge on any atom is -0.376 e. The van der Waals surface area contributed by atoms with Crippen molar-refractivity contribution in [3.63, 3.8) is 0 Å². The van der Waals surface area contributed by atoms with Crippen molar-refractivity contribution in [2.24, 2.45) is 5.92 Å². The lowest BCUT2D eigenvalue weighted by Gasteiger charge is -2.38. The van der Waals surface area contributed by atoms with Gasteiger partial charge in [0.1, 0.15) is 12.1 Å². The summed E-state index contributed by atoms with van der Waals surface area (Å²) < 4.78 is 5.83. The van der Waals surface area contributed by atoms with E-state index in [2.05, 4.69) is 19.2 Å². The highest BCUT2D eigenvalue weighted by atomic mass is 16.5. The van der Waals surface area contributed by atoms with Gasteiger partial charge in [-0.15, -0.1) is 0 Å². The third-order valence-corrected chi connectivity index (χ3v) is 4.44. The summed E-state index contributed by atoms with van der Waals surface area (Å²) in [5.74, 6) is 0.358. The summed E-state index contributed by atoms with van der Waals surface area (Å²) in [6.45, 7) is 6.95. The predicted molar refractivity (Wildman–Crippen MR) is 80.8 cm³/mol. The van der Waals surface area contributed by atoms with Crippen molar-refractivity contribution in [2.75, 3.05) is 13.2 Å². The lowest BCUT2D eigenvalue weighted by molar-refractivity contribution is -0.150. The van der Waals surface area contributed by atoms with Gasteiger partial charge in [0.25, 0.3) is 0 Å². The first-order valence-corrected chi connectivity index (χ1v) is 8.21. The first kappa shape index (κ1) is 16.3. The second-order valence-electron chi connectivity index (χ2n) is 6.68. The third-order valence-electron chi connectivity index (χ3n) is 4.44. The van der Waals surface area contributed by atoms with Crippen LogP contribution in [0, 0.1) is 5.92 Å². The summed E-state index contributed by atoms with van der Waals surface area (Å²) >= 11 is 0. The molecule has 5 heteroatoms. The van der Waals surface area contributed by atoms with Gasteiger partial charge in [0.2, 0.25) is 11.8 Å². The van der Waals surface area contributed by atoms with Crippen molar-refractivity contribution in [3.05, 3.63) is 0 Å². The van der Waals surface area contributed by atoms with Gasteiger partial charge in [0, 0.05) is 6.54 Å². The van der Waals surface area contributed by atoms with Crippen LogP contribution in [0.2, 0.25) is 0 Å². The van der Waals surface area contributed by atoms with Gasteiger partial charge in [-0.1, -0.05) is 26.7 Å². The molecule has 2 aliphatic rings. The Morgan fingerprint density at radius 3 is 2.57 bits per heavy atom. The molecule has 0 radical (unpaired) electrons. The Labute approximate surface area is 127 Å². The van der Waals surface area contributed by atoms with Gasteiger partial charge in [-0.05, 0) is 32.1 Å². The molecule has 1 aliphatic carbocycles. The van der Waals surface area contributed by atoms with E-state index in [4.69, 9.17) is 4.74 Å². The van der Waals surface area contributed by atoms with E-state index in [0.29, 0.717) is 31.6 Å². The maximum atomic E-state index is 12.5. The zero-order valence-electron chi connectivity index (χ0n) is 13.4. The molecular weight excluding hydrogens is 268 g/mol. The third kappa shape index (κ3) is 4.19. The van der Waals surface area contributed by atoms with Crippen LogP contribution in [0.4, 0.5) is 0 Å². The van der Waals surface area contributed by atoms with Gasteiger partial charge < -0.3 is 15.0 Å². The molecule has 2 amide bonds. The average Bonchev–Trinajstić information content (AvgIpc) is 2.92. The fraction of sp³-hybridized carbons (Fsp3) is 0.875. The molecular formula is C16H28N2O3. The number of nitrogens with zero attached hydrogens (tertiary/aromatic N) is 1. The molecule has 120 valence electrons. The normalized spacial score (nSPS) is 27.5. The second-order valence-corrected chi connectivity index (χ2v) is 6.68. The van der Waals surface area contributed by atoms with E-state index in [1.165, 1.54) is 12.8 Å². The molecule has 0 aromatic rings. The second kappa shape index (κ2) is 7.25. The van der Waals surface area contributed by atoms with Gasteiger partial charge in [-0.2, -0.15) is 0 Å². The molecule has 1 N–H and O–H groups in total. The molecule has 21 heavy (non-hydrogen) atoms. The summed E-state index contributed by atoms with van der Waals surface area (Å²) in [6, 6.07) is -0.770. The van der Waals surface area contributed by atoms with Gasteiger partial charge in [-0.3, -0.25) is 9.59 Å². The molecule has 0 aromatic carbocycles. The number of carbonyl (C=O) groups excluding carboxylic acids is 2. The van der Waals surface area contributed by atoms with E-state index < -0.39 is 6.04 Å². The lowest BCUT2D eigenvalue weighted by Crippen LogP contribution is -2.63. The maximum absolute atomic E-state index is 12.5. The monoisotopic (exact) mass is 296 g/mol. The number of hydrogen-bond acceptors (Lipinski definition) is 3. The van der Waals surface area contributed by atoms with Crippen LogP contribution in [0.3, 0.4) is 0 Å². The summed E-state index contributed by atoms with van der Waals surface area (Å²) in [5.41, 5.74) is 0. The Kier molecular flexibility index (Phi) is 5.62. The summed E-state index contributed by atoms with van der Waals surface area (Å²) in [5, 5.41) is 2.84. The number of amides is 2. The van der Waals surface area contributed by atoms with Gasteiger partial charge >= 0.3 is 0 Å². The molecule has 0 bridgehead atoms. The van der Waals surface area contributed by atoms with Crippen molar-refractivity contribution in [3.8, 4) is 0 Å². The molecule has 5 nitrogen and oxygen atoms in total. The molecule has 1 heterocycles. The quantitative estimate of drug-likeness (QED) is 0.812. The highest BCUT2D eigenvalue weighted by Gasteiger charge is 2.37. The topological polar surface area (TPSA) is 58.6 Å². The molecule has 2 unspecified atom stereocenters. The highest BCUT2D eigenvalue weighted by molar-refractivity contribution is 5.96. The summed E-state index contributed by atoms with van der Waals surface area (Å²) in [6.07, 6.45) is 5.77. The van der Waals surface area contributed by atoms with E-state index in [9.17, 15) is 9.59 Å². The van der Waals surface area contributed by atoms with Crippen LogP contribution in [0.25, 0.3) is 0 Å². The Hall–Kier alpha value is -1.10. The number of ether oxygens (including phenoxy) is 1. The average molecular weight is 296 g/mol. The summed E-state index contributed by atoms with van der Waals surface area (Å²) in [4.78, 5) is 26.2. The van der Waals surface area contributed by atoms with Crippen LogP contribution in [-0.4, -0.2) is 48.1 Å². The Morgan fingerprint density at radius 2 is 1.95 bits per heavy atom. The van der Waals surface area contributed by atoms with Crippen molar-refractivity contribution in [2.45, 2.75) is 71.1 Å². The smallest absolute Gasteiger partial charge is 0.245 e. The molecule has 0 aromatic heterocycles. The van der Waals surface area contributed by atoms with Crippen LogP contribution >= 0.6 is 0 Å². The van der Waals surface area contributed by atoms with Crippen molar-refractivity contribution in [1.29, 1.82) is 0 Å². The first-order valence-electron chi connectivity index (χ1n) is 8.21. The predicted octanol–water partition coefficient (Wildman–Crippen LogP) is 1.71. The zero-order valence-corrected chi connectivity index (χ0v) is 13.4. The molecule has 2 rings (SSSR count). The van der Waals surface area contributed by atoms with Crippen molar-refractivity contribution >= 4 is 11.8 Å². The van der Waals surface area contributed by atoms with Crippen LogP contribution in [0.1, 0.15) is 52.9 Å². The van der Waals surface area contributed by atoms with E-state index in [0.717, 1.165) is 12.8 Å². The molecule has 2 atom stereocenters. The van der Waals surface area contributed by atoms with E-state index in [1.807, 2.05) is 0 Å². The lowest BCUT2D eigenvalue weighted by atomic mass is 9.99. The zero-order chi connectivity index (χ0) is 15.4.